The summed E-state index contributed by atoms with van der Waals surface area (Å²) < 4.78 is 0. The van der Waals surface area contributed by atoms with Gasteiger partial charge in [0.1, 0.15) is 0 Å². The number of allylic oxidation sites excluding steroid dienone is 1. The zero-order valence-electron chi connectivity index (χ0n) is 8.18. The molecule has 0 bridgehead atoms. The summed E-state index contributed by atoms with van der Waals surface area (Å²) in [5.74, 6) is 0.953. The summed E-state index contributed by atoms with van der Waals surface area (Å²) in [7, 11) is 2.08. The highest BCUT2D eigenvalue weighted by molar-refractivity contribution is 4.78. The molecule has 0 amide bonds. The van der Waals surface area contributed by atoms with Gasteiger partial charge in [0, 0.05) is 6.04 Å². The van der Waals surface area contributed by atoms with Crippen LogP contribution in [0.2, 0.25) is 0 Å². The van der Waals surface area contributed by atoms with Crippen LogP contribution in [-0.4, -0.2) is 13.1 Å². The van der Waals surface area contributed by atoms with E-state index in [1.165, 1.54) is 38.5 Å². The van der Waals surface area contributed by atoms with Crippen molar-refractivity contribution in [3.05, 3.63) is 12.7 Å². The van der Waals surface area contributed by atoms with Gasteiger partial charge < -0.3 is 5.32 Å². The predicted molar refractivity (Wildman–Crippen MR) is 54.2 cm³/mol. The van der Waals surface area contributed by atoms with Crippen molar-refractivity contribution in [1.29, 1.82) is 0 Å². The minimum absolute atomic E-state index is 0.786. The first kappa shape index (κ1) is 9.79. The summed E-state index contributed by atoms with van der Waals surface area (Å²) in [6.07, 6.45) is 10.2. The van der Waals surface area contributed by atoms with Gasteiger partial charge in [0.05, 0.1) is 0 Å². The van der Waals surface area contributed by atoms with Crippen LogP contribution >= 0.6 is 0 Å². The highest BCUT2D eigenvalue weighted by atomic mass is 14.9. The van der Waals surface area contributed by atoms with Gasteiger partial charge >= 0.3 is 0 Å². The van der Waals surface area contributed by atoms with Crippen LogP contribution in [0.5, 0.6) is 0 Å². The monoisotopic (exact) mass is 167 g/mol. The highest BCUT2D eigenvalue weighted by Gasteiger charge is 2.19. The quantitative estimate of drug-likeness (QED) is 0.635. The van der Waals surface area contributed by atoms with Gasteiger partial charge in [-0.1, -0.05) is 18.9 Å². The Kier molecular flexibility index (Phi) is 4.37. The number of nitrogens with one attached hydrogen (secondary N) is 1. The molecule has 0 aromatic heterocycles. The second kappa shape index (κ2) is 5.36. The Morgan fingerprint density at radius 2 is 2.33 bits per heavy atom. The first-order chi connectivity index (χ1) is 5.86. The van der Waals surface area contributed by atoms with E-state index in [4.69, 9.17) is 0 Å². The fraction of sp³-hybridized carbons (Fsp3) is 0.818. The summed E-state index contributed by atoms with van der Waals surface area (Å²) >= 11 is 0. The van der Waals surface area contributed by atoms with E-state index in [-0.39, 0.29) is 0 Å². The Hall–Kier alpha value is -0.300. The number of hydrogen-bond acceptors (Lipinski definition) is 1. The van der Waals surface area contributed by atoms with Gasteiger partial charge in [-0.25, -0.2) is 0 Å². The van der Waals surface area contributed by atoms with Gasteiger partial charge in [-0.3, -0.25) is 0 Å². The summed E-state index contributed by atoms with van der Waals surface area (Å²) in [6, 6.07) is 0.786. The van der Waals surface area contributed by atoms with Crippen molar-refractivity contribution >= 4 is 0 Å². The molecule has 0 spiro atoms. The summed E-state index contributed by atoms with van der Waals surface area (Å²) in [6.45, 7) is 3.77. The fourth-order valence-electron chi connectivity index (χ4n) is 2.17. The molecule has 1 heteroatoms. The van der Waals surface area contributed by atoms with E-state index in [1.807, 2.05) is 6.08 Å². The van der Waals surface area contributed by atoms with Crippen molar-refractivity contribution in [2.75, 3.05) is 7.05 Å². The van der Waals surface area contributed by atoms with E-state index in [0.29, 0.717) is 0 Å². The van der Waals surface area contributed by atoms with Crippen LogP contribution in [0.15, 0.2) is 12.7 Å². The van der Waals surface area contributed by atoms with Gasteiger partial charge in [-0.2, -0.15) is 0 Å². The molecule has 1 aliphatic rings. The average molecular weight is 167 g/mol. The van der Waals surface area contributed by atoms with Crippen LogP contribution in [-0.2, 0) is 0 Å². The Bertz CT molecular complexity index is 131. The van der Waals surface area contributed by atoms with Crippen molar-refractivity contribution in [2.24, 2.45) is 5.92 Å². The third-order valence-electron chi connectivity index (χ3n) is 2.97. The van der Waals surface area contributed by atoms with Crippen molar-refractivity contribution in [3.8, 4) is 0 Å². The molecular formula is C11H21N. The Morgan fingerprint density at radius 1 is 1.50 bits per heavy atom. The molecule has 0 heterocycles. The maximum absolute atomic E-state index is 3.77. The van der Waals surface area contributed by atoms with E-state index in [1.54, 1.807) is 0 Å². The molecule has 1 aliphatic carbocycles. The van der Waals surface area contributed by atoms with E-state index in [9.17, 15) is 0 Å². The van der Waals surface area contributed by atoms with E-state index in [2.05, 4.69) is 18.9 Å². The lowest BCUT2D eigenvalue weighted by atomic mass is 9.83. The Labute approximate surface area is 76.2 Å². The zero-order valence-corrected chi connectivity index (χ0v) is 8.18. The van der Waals surface area contributed by atoms with Crippen molar-refractivity contribution in [2.45, 2.75) is 44.6 Å². The Balaban J connectivity index is 2.20. The lowest BCUT2D eigenvalue weighted by Crippen LogP contribution is -2.31. The van der Waals surface area contributed by atoms with Crippen LogP contribution in [0.25, 0.3) is 0 Å². The molecule has 0 aromatic carbocycles. The number of hydrogen-bond donors (Lipinski definition) is 1. The normalized spacial score (nSPS) is 30.1. The molecule has 1 N–H and O–H groups in total. The van der Waals surface area contributed by atoms with Crippen molar-refractivity contribution in [1.82, 2.24) is 5.32 Å². The molecule has 1 nitrogen and oxygen atoms in total. The van der Waals surface area contributed by atoms with Gasteiger partial charge in [-0.05, 0) is 38.6 Å². The first-order valence-electron chi connectivity index (χ1n) is 5.15. The minimum Gasteiger partial charge on any atom is -0.317 e. The lowest BCUT2D eigenvalue weighted by molar-refractivity contribution is 0.284. The van der Waals surface area contributed by atoms with E-state index >= 15 is 0 Å². The third kappa shape index (κ3) is 2.98. The molecule has 2 atom stereocenters. The van der Waals surface area contributed by atoms with Crippen molar-refractivity contribution < 1.29 is 0 Å². The molecule has 1 rings (SSSR count). The van der Waals surface area contributed by atoms with Crippen LogP contribution in [0.3, 0.4) is 0 Å². The van der Waals surface area contributed by atoms with E-state index in [0.717, 1.165) is 12.0 Å². The highest BCUT2D eigenvalue weighted by Crippen LogP contribution is 2.27. The standard InChI is InChI=1S/C11H21N/c1-3-4-6-10-7-5-8-11(9-10)12-2/h3,10-12H,1,4-9H2,2H3. The molecule has 70 valence electrons. The molecule has 1 saturated carbocycles. The zero-order chi connectivity index (χ0) is 8.81. The first-order valence-corrected chi connectivity index (χ1v) is 5.15. The molecule has 1 fully saturated rings. The second-order valence-electron chi connectivity index (χ2n) is 3.88. The maximum Gasteiger partial charge on any atom is 0.00667 e. The summed E-state index contributed by atoms with van der Waals surface area (Å²) in [5.41, 5.74) is 0. The maximum atomic E-state index is 3.77. The van der Waals surface area contributed by atoms with Gasteiger partial charge in [0.15, 0.2) is 0 Å². The van der Waals surface area contributed by atoms with Crippen LogP contribution in [0, 0.1) is 5.92 Å². The molecule has 2 unspecified atom stereocenters. The summed E-state index contributed by atoms with van der Waals surface area (Å²) in [5, 5.41) is 3.38. The SMILES string of the molecule is C=CCCC1CCCC(NC)C1. The predicted octanol–water partition coefficient (Wildman–Crippen LogP) is 2.73. The van der Waals surface area contributed by atoms with Gasteiger partial charge in [-0.15, -0.1) is 6.58 Å². The van der Waals surface area contributed by atoms with Gasteiger partial charge in [0.2, 0.25) is 0 Å². The van der Waals surface area contributed by atoms with Gasteiger partial charge in [0.25, 0.3) is 0 Å². The van der Waals surface area contributed by atoms with Crippen molar-refractivity contribution in [3.63, 3.8) is 0 Å². The van der Waals surface area contributed by atoms with Crippen LogP contribution in [0.4, 0.5) is 0 Å². The van der Waals surface area contributed by atoms with Crippen LogP contribution < -0.4 is 5.32 Å². The molecule has 12 heavy (non-hydrogen) atoms. The third-order valence-corrected chi connectivity index (χ3v) is 2.97. The molecule has 0 aromatic rings. The smallest absolute Gasteiger partial charge is 0.00667 e. The molecule has 0 radical (unpaired) electrons. The topological polar surface area (TPSA) is 12.0 Å². The van der Waals surface area contributed by atoms with Crippen LogP contribution in [0.1, 0.15) is 38.5 Å². The fourth-order valence-corrected chi connectivity index (χ4v) is 2.17. The molecule has 0 saturated heterocycles. The Morgan fingerprint density at radius 3 is 3.00 bits per heavy atom. The second-order valence-corrected chi connectivity index (χ2v) is 3.88. The minimum atomic E-state index is 0.786. The largest absolute Gasteiger partial charge is 0.317 e. The summed E-state index contributed by atoms with van der Waals surface area (Å²) in [4.78, 5) is 0. The average Bonchev–Trinajstić information content (AvgIpc) is 2.15. The lowest BCUT2D eigenvalue weighted by Gasteiger charge is -2.28. The molecular weight excluding hydrogens is 146 g/mol. The number of rotatable bonds is 4. The molecule has 0 aliphatic heterocycles. The van der Waals surface area contributed by atoms with E-state index < -0.39 is 0 Å².